The van der Waals surface area contributed by atoms with Crippen LogP contribution in [0.4, 0.5) is 5.82 Å². The number of nitrogens with one attached hydrogen (secondary N) is 2. The summed E-state index contributed by atoms with van der Waals surface area (Å²) in [4.78, 5) is 8.41. The van der Waals surface area contributed by atoms with Crippen LogP contribution < -0.4 is 10.6 Å². The first-order valence-electron chi connectivity index (χ1n) is 6.24. The molecule has 2 heterocycles. The zero-order chi connectivity index (χ0) is 11.9. The van der Waals surface area contributed by atoms with Gasteiger partial charge in [-0.2, -0.15) is 0 Å². The van der Waals surface area contributed by atoms with Crippen molar-refractivity contribution in [1.29, 1.82) is 0 Å². The summed E-state index contributed by atoms with van der Waals surface area (Å²) in [6.07, 6.45) is 4.00. The topological polar surface area (TPSA) is 59.1 Å². The van der Waals surface area contributed by atoms with Crippen molar-refractivity contribution in [2.24, 2.45) is 0 Å². The van der Waals surface area contributed by atoms with Gasteiger partial charge < -0.3 is 15.4 Å². The molecule has 5 nitrogen and oxygen atoms in total. The molecule has 1 aliphatic rings. The van der Waals surface area contributed by atoms with Crippen LogP contribution in [0.5, 0.6) is 0 Å². The molecule has 0 aliphatic carbocycles. The summed E-state index contributed by atoms with van der Waals surface area (Å²) in [5.41, 5.74) is 0.924. The lowest BCUT2D eigenvalue weighted by Crippen LogP contribution is -2.38. The van der Waals surface area contributed by atoms with E-state index < -0.39 is 0 Å². The smallest absolute Gasteiger partial charge is 0.129 e. The predicted octanol–water partition coefficient (Wildman–Crippen LogP) is 1.18. The van der Waals surface area contributed by atoms with Crippen molar-refractivity contribution in [2.45, 2.75) is 32.4 Å². The highest BCUT2D eigenvalue weighted by molar-refractivity contribution is 5.36. The Balaban J connectivity index is 1.90. The van der Waals surface area contributed by atoms with E-state index in [0.29, 0.717) is 19.3 Å². The molecule has 5 heteroatoms. The van der Waals surface area contributed by atoms with E-state index in [1.54, 1.807) is 6.33 Å². The van der Waals surface area contributed by atoms with Gasteiger partial charge in [0.15, 0.2) is 0 Å². The Morgan fingerprint density at radius 3 is 3.24 bits per heavy atom. The van der Waals surface area contributed by atoms with Crippen LogP contribution in [0, 0.1) is 0 Å². The summed E-state index contributed by atoms with van der Waals surface area (Å²) in [7, 11) is 0. The molecule has 1 fully saturated rings. The van der Waals surface area contributed by atoms with E-state index in [4.69, 9.17) is 4.74 Å². The van der Waals surface area contributed by atoms with Gasteiger partial charge in [0, 0.05) is 25.3 Å². The van der Waals surface area contributed by atoms with Crippen LogP contribution >= 0.6 is 0 Å². The molecule has 2 N–H and O–H groups in total. The highest BCUT2D eigenvalue weighted by Gasteiger charge is 2.12. The highest BCUT2D eigenvalue weighted by atomic mass is 16.5. The second kappa shape index (κ2) is 6.51. The van der Waals surface area contributed by atoms with Gasteiger partial charge in [-0.15, -0.1) is 0 Å². The fraction of sp³-hybridized carbons (Fsp3) is 0.667. The van der Waals surface area contributed by atoms with Gasteiger partial charge in [0.2, 0.25) is 0 Å². The number of anilines is 1. The number of hydrogen-bond donors (Lipinski definition) is 2. The molecular formula is C12H20N4O. The Labute approximate surface area is 102 Å². The molecule has 1 unspecified atom stereocenters. The number of hydrogen-bond acceptors (Lipinski definition) is 5. The third-order valence-corrected chi connectivity index (χ3v) is 2.83. The van der Waals surface area contributed by atoms with Crippen LogP contribution in [0.2, 0.25) is 0 Å². The molecule has 1 aromatic rings. The third kappa shape index (κ3) is 3.94. The summed E-state index contributed by atoms with van der Waals surface area (Å²) >= 11 is 0. The number of piperidine rings is 1. The summed E-state index contributed by atoms with van der Waals surface area (Å²) in [5, 5.41) is 6.80. The summed E-state index contributed by atoms with van der Waals surface area (Å²) in [6, 6.07) is 2.43. The molecule has 0 amide bonds. The van der Waals surface area contributed by atoms with E-state index in [0.717, 1.165) is 24.6 Å². The first-order valence-corrected chi connectivity index (χ1v) is 6.24. The maximum atomic E-state index is 5.33. The van der Waals surface area contributed by atoms with Gasteiger partial charge in [-0.25, -0.2) is 9.97 Å². The van der Waals surface area contributed by atoms with E-state index in [2.05, 4.69) is 20.6 Å². The zero-order valence-corrected chi connectivity index (χ0v) is 10.3. The van der Waals surface area contributed by atoms with Crippen LogP contribution in [-0.4, -0.2) is 35.7 Å². The van der Waals surface area contributed by atoms with Gasteiger partial charge in [-0.05, 0) is 26.3 Å². The van der Waals surface area contributed by atoms with Crippen LogP contribution in [0.1, 0.15) is 25.5 Å². The largest absolute Gasteiger partial charge is 0.375 e. The molecule has 0 spiro atoms. The van der Waals surface area contributed by atoms with Crippen molar-refractivity contribution in [1.82, 2.24) is 15.3 Å². The maximum Gasteiger partial charge on any atom is 0.129 e. The van der Waals surface area contributed by atoms with E-state index >= 15 is 0 Å². The van der Waals surface area contributed by atoms with Crippen LogP contribution in [0.25, 0.3) is 0 Å². The van der Waals surface area contributed by atoms with E-state index in [-0.39, 0.29) is 0 Å². The molecule has 0 bridgehead atoms. The van der Waals surface area contributed by atoms with Crippen molar-refractivity contribution in [3.63, 3.8) is 0 Å². The normalized spacial score (nSPS) is 20.2. The standard InChI is InChI=1S/C12H20N4O/c1-2-17-8-11-6-12(15-9-14-11)16-10-4-3-5-13-7-10/h6,9-10,13H,2-5,7-8H2,1H3,(H,14,15,16). The van der Waals surface area contributed by atoms with E-state index in [1.165, 1.54) is 12.8 Å². The SMILES string of the molecule is CCOCc1cc(NC2CCCNC2)ncn1. The molecular weight excluding hydrogens is 216 g/mol. The molecule has 1 aliphatic heterocycles. The quantitative estimate of drug-likeness (QED) is 0.804. The Morgan fingerprint density at radius 2 is 2.47 bits per heavy atom. The summed E-state index contributed by atoms with van der Waals surface area (Å²) in [5.74, 6) is 0.892. The average molecular weight is 236 g/mol. The molecule has 94 valence electrons. The van der Waals surface area contributed by atoms with Crippen molar-refractivity contribution in [3.05, 3.63) is 18.1 Å². The number of rotatable bonds is 5. The van der Waals surface area contributed by atoms with Crippen LogP contribution in [0.15, 0.2) is 12.4 Å². The Hall–Kier alpha value is -1.20. The molecule has 0 radical (unpaired) electrons. The lowest BCUT2D eigenvalue weighted by molar-refractivity contribution is 0.131. The van der Waals surface area contributed by atoms with Gasteiger partial charge in [0.25, 0.3) is 0 Å². The average Bonchev–Trinajstić information content (AvgIpc) is 2.38. The molecule has 2 rings (SSSR count). The molecule has 0 aromatic carbocycles. The monoisotopic (exact) mass is 236 g/mol. The zero-order valence-electron chi connectivity index (χ0n) is 10.3. The fourth-order valence-corrected chi connectivity index (χ4v) is 1.95. The number of aromatic nitrogens is 2. The van der Waals surface area contributed by atoms with Gasteiger partial charge in [-0.1, -0.05) is 0 Å². The number of ether oxygens (including phenoxy) is 1. The van der Waals surface area contributed by atoms with Gasteiger partial charge in [-0.3, -0.25) is 0 Å². The second-order valence-corrected chi connectivity index (χ2v) is 4.22. The van der Waals surface area contributed by atoms with Crippen molar-refractivity contribution in [2.75, 3.05) is 25.0 Å². The maximum absolute atomic E-state index is 5.33. The Kier molecular flexibility index (Phi) is 4.70. The predicted molar refractivity (Wildman–Crippen MR) is 66.9 cm³/mol. The number of nitrogens with zero attached hydrogens (tertiary/aromatic N) is 2. The minimum absolute atomic E-state index is 0.471. The van der Waals surface area contributed by atoms with Crippen LogP contribution in [0.3, 0.4) is 0 Å². The first-order chi connectivity index (χ1) is 8.38. The molecule has 1 atom stereocenters. The highest BCUT2D eigenvalue weighted by Crippen LogP contribution is 2.10. The van der Waals surface area contributed by atoms with Crippen molar-refractivity contribution < 1.29 is 4.74 Å². The lowest BCUT2D eigenvalue weighted by Gasteiger charge is -2.24. The summed E-state index contributed by atoms with van der Waals surface area (Å²) in [6.45, 7) is 5.37. The van der Waals surface area contributed by atoms with Crippen molar-refractivity contribution >= 4 is 5.82 Å². The Bertz CT molecular complexity index is 339. The second-order valence-electron chi connectivity index (χ2n) is 4.22. The fourth-order valence-electron chi connectivity index (χ4n) is 1.95. The van der Waals surface area contributed by atoms with Crippen LogP contribution in [-0.2, 0) is 11.3 Å². The van der Waals surface area contributed by atoms with Crippen molar-refractivity contribution in [3.8, 4) is 0 Å². The lowest BCUT2D eigenvalue weighted by atomic mass is 10.1. The molecule has 1 aromatic heterocycles. The first kappa shape index (κ1) is 12.3. The molecule has 17 heavy (non-hydrogen) atoms. The summed E-state index contributed by atoms with van der Waals surface area (Å²) < 4.78 is 5.33. The van der Waals surface area contributed by atoms with Gasteiger partial charge >= 0.3 is 0 Å². The third-order valence-electron chi connectivity index (χ3n) is 2.83. The van der Waals surface area contributed by atoms with Gasteiger partial charge in [0.05, 0.1) is 12.3 Å². The van der Waals surface area contributed by atoms with Gasteiger partial charge in [0.1, 0.15) is 12.1 Å². The minimum Gasteiger partial charge on any atom is -0.375 e. The molecule has 1 saturated heterocycles. The molecule has 0 saturated carbocycles. The van der Waals surface area contributed by atoms with E-state index in [9.17, 15) is 0 Å². The Morgan fingerprint density at radius 1 is 1.53 bits per heavy atom. The minimum atomic E-state index is 0.471. The van der Waals surface area contributed by atoms with E-state index in [1.807, 2.05) is 13.0 Å².